The number of hydrogen-bond donors (Lipinski definition) is 1. The summed E-state index contributed by atoms with van der Waals surface area (Å²) in [6.45, 7) is 3.19. The minimum Gasteiger partial charge on any atom is -0.367 e. The fourth-order valence-corrected chi connectivity index (χ4v) is 2.07. The molecule has 1 aliphatic rings. The van der Waals surface area contributed by atoms with Crippen molar-refractivity contribution in [2.24, 2.45) is 4.99 Å². The lowest BCUT2D eigenvalue weighted by Crippen LogP contribution is -2.26. The molecule has 1 heterocycles. The van der Waals surface area contributed by atoms with Crippen LogP contribution in [0.25, 0.3) is 0 Å². The van der Waals surface area contributed by atoms with Gasteiger partial charge >= 0.3 is 0 Å². The maximum Gasteiger partial charge on any atom is 0.0967 e. The van der Waals surface area contributed by atoms with Crippen molar-refractivity contribution in [2.75, 3.05) is 6.54 Å². The first-order chi connectivity index (χ1) is 7.86. The minimum absolute atomic E-state index is 0.359. The third-order valence-electron chi connectivity index (χ3n) is 3.06. The van der Waals surface area contributed by atoms with Gasteiger partial charge in [-0.15, -0.1) is 0 Å². The number of amidine groups is 1. The fraction of sp³-hybridized carbons (Fsp3) is 0.500. The van der Waals surface area contributed by atoms with E-state index in [1.807, 2.05) is 0 Å². The Balaban J connectivity index is 1.96. The predicted molar refractivity (Wildman–Crippen MR) is 68.8 cm³/mol. The van der Waals surface area contributed by atoms with Crippen LogP contribution in [0, 0.1) is 0 Å². The van der Waals surface area contributed by atoms with E-state index in [2.05, 4.69) is 47.6 Å². The summed E-state index contributed by atoms with van der Waals surface area (Å²) in [6.07, 6.45) is 4.93. The van der Waals surface area contributed by atoms with Crippen molar-refractivity contribution in [3.8, 4) is 0 Å². The van der Waals surface area contributed by atoms with Gasteiger partial charge in [0.25, 0.3) is 0 Å². The van der Waals surface area contributed by atoms with Gasteiger partial charge in [0.15, 0.2) is 0 Å². The molecule has 0 amide bonds. The van der Waals surface area contributed by atoms with Crippen LogP contribution in [-0.4, -0.2) is 12.4 Å². The largest absolute Gasteiger partial charge is 0.367 e. The van der Waals surface area contributed by atoms with Crippen LogP contribution in [0.1, 0.15) is 44.2 Å². The lowest BCUT2D eigenvalue weighted by atomic mass is 10.1. The molecule has 0 aliphatic carbocycles. The van der Waals surface area contributed by atoms with Crippen LogP contribution in [0.3, 0.4) is 0 Å². The molecule has 1 atom stereocenters. The molecule has 16 heavy (non-hydrogen) atoms. The Kier molecular flexibility index (Phi) is 3.97. The molecule has 0 fully saturated rings. The summed E-state index contributed by atoms with van der Waals surface area (Å²) >= 11 is 0. The molecule has 1 N–H and O–H groups in total. The molecule has 0 unspecified atom stereocenters. The van der Waals surface area contributed by atoms with Crippen molar-refractivity contribution in [3.63, 3.8) is 0 Å². The second kappa shape index (κ2) is 5.69. The Hall–Kier alpha value is -1.31. The van der Waals surface area contributed by atoms with Crippen molar-refractivity contribution in [3.05, 3.63) is 35.9 Å². The van der Waals surface area contributed by atoms with E-state index >= 15 is 0 Å². The van der Waals surface area contributed by atoms with Crippen LogP contribution in [0.15, 0.2) is 35.3 Å². The van der Waals surface area contributed by atoms with E-state index in [0.29, 0.717) is 6.04 Å². The van der Waals surface area contributed by atoms with Crippen molar-refractivity contribution in [1.29, 1.82) is 0 Å². The van der Waals surface area contributed by atoms with Gasteiger partial charge in [-0.3, -0.25) is 4.99 Å². The van der Waals surface area contributed by atoms with Crippen LogP contribution in [0.4, 0.5) is 0 Å². The quantitative estimate of drug-likeness (QED) is 0.806. The Bertz CT molecular complexity index is 343. The van der Waals surface area contributed by atoms with Gasteiger partial charge in [0.1, 0.15) is 0 Å². The normalized spacial score (nSPS) is 18.4. The molecule has 1 aromatic rings. The summed E-state index contributed by atoms with van der Waals surface area (Å²) in [5.74, 6) is 1.19. The lowest BCUT2D eigenvalue weighted by Gasteiger charge is -2.16. The lowest BCUT2D eigenvalue weighted by molar-refractivity contribution is 0.693. The first-order valence-electron chi connectivity index (χ1n) is 6.21. The van der Waals surface area contributed by atoms with E-state index in [0.717, 1.165) is 13.0 Å². The zero-order chi connectivity index (χ0) is 11.2. The summed E-state index contributed by atoms with van der Waals surface area (Å²) in [7, 11) is 0. The second-order valence-corrected chi connectivity index (χ2v) is 4.42. The third kappa shape index (κ3) is 3.09. The number of nitrogens with one attached hydrogen (secondary N) is 1. The maximum absolute atomic E-state index is 4.59. The van der Waals surface area contributed by atoms with Crippen molar-refractivity contribution < 1.29 is 0 Å². The zero-order valence-corrected chi connectivity index (χ0v) is 9.95. The summed E-state index contributed by atoms with van der Waals surface area (Å²) < 4.78 is 0. The molecular formula is C14H20N2. The average molecular weight is 216 g/mol. The fourth-order valence-electron chi connectivity index (χ4n) is 2.07. The van der Waals surface area contributed by atoms with Crippen LogP contribution >= 0.6 is 0 Å². The molecule has 0 bridgehead atoms. The SMILES string of the molecule is C[C@@H](NC1=NCCCCC1)c1ccccc1. The van der Waals surface area contributed by atoms with Gasteiger partial charge in [-0.2, -0.15) is 0 Å². The molecule has 2 heteroatoms. The van der Waals surface area contributed by atoms with Gasteiger partial charge in [0, 0.05) is 19.0 Å². The number of rotatable bonds is 2. The Morgan fingerprint density at radius 1 is 1.12 bits per heavy atom. The number of benzene rings is 1. The highest BCUT2D eigenvalue weighted by atomic mass is 15.0. The maximum atomic E-state index is 4.59. The third-order valence-corrected chi connectivity index (χ3v) is 3.06. The monoisotopic (exact) mass is 216 g/mol. The summed E-state index contributed by atoms with van der Waals surface area (Å²) in [4.78, 5) is 4.59. The molecule has 2 rings (SSSR count). The molecule has 0 saturated carbocycles. The highest BCUT2D eigenvalue weighted by Gasteiger charge is 2.08. The van der Waals surface area contributed by atoms with Gasteiger partial charge in [0.05, 0.1) is 5.84 Å². The standard InChI is InChI=1S/C14H20N2/c1-12(13-8-4-2-5-9-13)16-14-10-6-3-7-11-15-14/h2,4-5,8-9,12H,3,6-7,10-11H2,1H3,(H,15,16)/t12-/m1/s1. The zero-order valence-electron chi connectivity index (χ0n) is 9.95. The van der Waals surface area contributed by atoms with Crippen LogP contribution in [-0.2, 0) is 0 Å². The van der Waals surface area contributed by atoms with Crippen LogP contribution in [0.5, 0.6) is 0 Å². The molecule has 86 valence electrons. The van der Waals surface area contributed by atoms with E-state index < -0.39 is 0 Å². The highest BCUT2D eigenvalue weighted by molar-refractivity contribution is 5.82. The second-order valence-electron chi connectivity index (χ2n) is 4.42. The van der Waals surface area contributed by atoms with E-state index in [4.69, 9.17) is 0 Å². The number of aliphatic imine (C=N–C) groups is 1. The number of hydrogen-bond acceptors (Lipinski definition) is 2. The van der Waals surface area contributed by atoms with Crippen LogP contribution < -0.4 is 5.32 Å². The predicted octanol–water partition coefficient (Wildman–Crippen LogP) is 3.31. The van der Waals surface area contributed by atoms with Gasteiger partial charge in [0.2, 0.25) is 0 Å². The highest BCUT2D eigenvalue weighted by Crippen LogP contribution is 2.13. The molecule has 0 saturated heterocycles. The van der Waals surface area contributed by atoms with E-state index in [-0.39, 0.29) is 0 Å². The Morgan fingerprint density at radius 3 is 2.75 bits per heavy atom. The average Bonchev–Trinajstić information content (AvgIpc) is 2.59. The molecule has 0 spiro atoms. The Morgan fingerprint density at radius 2 is 1.94 bits per heavy atom. The molecule has 0 aromatic heterocycles. The Labute approximate surface area is 97.8 Å². The van der Waals surface area contributed by atoms with Crippen LogP contribution in [0.2, 0.25) is 0 Å². The molecule has 1 aliphatic heterocycles. The summed E-state index contributed by atoms with van der Waals surface area (Å²) in [5, 5.41) is 3.53. The molecular weight excluding hydrogens is 196 g/mol. The molecule has 2 nitrogen and oxygen atoms in total. The van der Waals surface area contributed by atoms with Gasteiger partial charge in [-0.25, -0.2) is 0 Å². The molecule has 0 radical (unpaired) electrons. The summed E-state index contributed by atoms with van der Waals surface area (Å²) in [6, 6.07) is 10.9. The minimum atomic E-state index is 0.359. The smallest absolute Gasteiger partial charge is 0.0967 e. The number of nitrogens with zero attached hydrogens (tertiary/aromatic N) is 1. The van der Waals surface area contributed by atoms with Gasteiger partial charge in [-0.05, 0) is 25.3 Å². The van der Waals surface area contributed by atoms with Gasteiger partial charge in [-0.1, -0.05) is 36.8 Å². The first kappa shape index (κ1) is 11.2. The van der Waals surface area contributed by atoms with Crippen molar-refractivity contribution >= 4 is 5.84 Å². The van der Waals surface area contributed by atoms with Crippen molar-refractivity contribution in [2.45, 2.75) is 38.6 Å². The van der Waals surface area contributed by atoms with E-state index in [1.54, 1.807) is 0 Å². The topological polar surface area (TPSA) is 24.4 Å². The van der Waals surface area contributed by atoms with Gasteiger partial charge < -0.3 is 5.32 Å². The summed E-state index contributed by atoms with van der Waals surface area (Å²) in [5.41, 5.74) is 1.33. The molecule has 1 aromatic carbocycles. The van der Waals surface area contributed by atoms with Crippen molar-refractivity contribution in [1.82, 2.24) is 5.32 Å². The van der Waals surface area contributed by atoms with E-state index in [9.17, 15) is 0 Å². The first-order valence-corrected chi connectivity index (χ1v) is 6.21. The van der Waals surface area contributed by atoms with E-state index in [1.165, 1.54) is 30.7 Å².